The lowest BCUT2D eigenvalue weighted by Crippen LogP contribution is -2.65. The van der Waals surface area contributed by atoms with Gasteiger partial charge in [0, 0.05) is 11.8 Å². The fourth-order valence-corrected chi connectivity index (χ4v) is 13.4. The second-order valence-electron chi connectivity index (χ2n) is 18.9. The highest BCUT2D eigenvalue weighted by Gasteiger charge is 2.73. The Morgan fingerprint density at radius 2 is 1.33 bits per heavy atom. The van der Waals surface area contributed by atoms with Crippen molar-refractivity contribution in [2.45, 2.75) is 171 Å². The fraction of sp³-hybridized carbons (Fsp3) is 1.00. The maximum absolute atomic E-state index is 12.1. The van der Waals surface area contributed by atoms with Crippen molar-refractivity contribution < 1.29 is 74.4 Å². The van der Waals surface area contributed by atoms with Crippen molar-refractivity contribution >= 4 is 0 Å². The molecular weight excluding hydrogens is 708 g/mol. The van der Waals surface area contributed by atoms with Crippen LogP contribution in [0.4, 0.5) is 0 Å². The van der Waals surface area contributed by atoms with Crippen LogP contribution < -0.4 is 0 Å². The number of rotatable bonds is 6. The molecule has 0 radical (unpaired) electrons. The summed E-state index contributed by atoms with van der Waals surface area (Å²) in [5.41, 5.74) is -0.149. The highest BCUT2D eigenvalue weighted by Crippen LogP contribution is 2.71. The quantitative estimate of drug-likeness (QED) is 0.153. The molecular formula is C39H64O15. The van der Waals surface area contributed by atoms with E-state index in [0.717, 1.165) is 32.1 Å². The normalized spacial score (nSPS) is 60.1. The van der Waals surface area contributed by atoms with Crippen molar-refractivity contribution in [2.24, 2.45) is 52.3 Å². The van der Waals surface area contributed by atoms with Gasteiger partial charge in [0.25, 0.3) is 0 Å². The van der Waals surface area contributed by atoms with Crippen LogP contribution in [0.2, 0.25) is 0 Å². The molecule has 0 aromatic heterocycles. The Bertz CT molecular complexity index is 1340. The van der Waals surface area contributed by atoms with Crippen molar-refractivity contribution in [3.8, 4) is 0 Å². The van der Waals surface area contributed by atoms with Crippen LogP contribution >= 0.6 is 0 Å². The minimum Gasteiger partial charge on any atom is -0.394 e. The predicted molar refractivity (Wildman–Crippen MR) is 186 cm³/mol. The number of hydrogen-bond donors (Lipinski definition) is 9. The second-order valence-corrected chi connectivity index (χ2v) is 18.9. The molecule has 0 bridgehead atoms. The number of hydrogen-bond acceptors (Lipinski definition) is 15. The number of fused-ring (bicyclic) bond motifs is 7. The van der Waals surface area contributed by atoms with Gasteiger partial charge < -0.3 is 74.4 Å². The van der Waals surface area contributed by atoms with E-state index >= 15 is 0 Å². The molecule has 13 unspecified atom stereocenters. The van der Waals surface area contributed by atoms with Gasteiger partial charge in [-0.25, -0.2) is 0 Å². The van der Waals surface area contributed by atoms with Crippen LogP contribution in [0.3, 0.4) is 0 Å². The summed E-state index contributed by atoms with van der Waals surface area (Å²) in [5, 5.41) is 96.1. The van der Waals surface area contributed by atoms with Crippen LogP contribution in [0.25, 0.3) is 0 Å². The Morgan fingerprint density at radius 1 is 0.667 bits per heavy atom. The van der Waals surface area contributed by atoms with Gasteiger partial charge in [-0.3, -0.25) is 0 Å². The Kier molecular flexibility index (Phi) is 10.9. The summed E-state index contributed by atoms with van der Waals surface area (Å²) in [6, 6.07) is 0. The molecule has 4 heterocycles. The number of aliphatic hydroxyl groups excluding tert-OH is 9. The largest absolute Gasteiger partial charge is 0.394 e. The van der Waals surface area contributed by atoms with Gasteiger partial charge in [-0.05, 0) is 91.8 Å². The van der Waals surface area contributed by atoms with E-state index in [9.17, 15) is 46.0 Å². The lowest BCUT2D eigenvalue weighted by molar-refractivity contribution is -0.373. The van der Waals surface area contributed by atoms with Crippen LogP contribution in [0, 0.1) is 52.3 Å². The van der Waals surface area contributed by atoms with Crippen molar-refractivity contribution in [2.75, 3.05) is 19.8 Å². The summed E-state index contributed by atoms with van der Waals surface area (Å²) in [4.78, 5) is 0. The summed E-state index contributed by atoms with van der Waals surface area (Å²) in [7, 11) is 0. The molecule has 1 spiro atoms. The highest BCUT2D eigenvalue weighted by atomic mass is 16.8. The van der Waals surface area contributed by atoms with Crippen LogP contribution in [-0.2, 0) is 28.4 Å². The maximum Gasteiger partial charge on any atom is 0.197 e. The molecule has 9 N–H and O–H groups in total. The SMILES string of the molecule is CC1COC2(OC3C(O)C4C5CC[C@@H]6CC(O[C@@H]7O[C@H](CO)[C@@H](O)[C@H](O)[C@H]7O[C@@H]7O[C@H](CO)[C@H](O)[C@H](O)[C@H]7O)CCC6(C)C5CCC4(C)C3C2C)C(O)C1. The molecule has 4 aliphatic carbocycles. The molecule has 0 amide bonds. The molecule has 4 saturated carbocycles. The van der Waals surface area contributed by atoms with Gasteiger partial charge in [0.2, 0.25) is 0 Å². The van der Waals surface area contributed by atoms with E-state index < -0.39 is 92.6 Å². The zero-order valence-electron chi connectivity index (χ0n) is 31.9. The second kappa shape index (κ2) is 14.6. The monoisotopic (exact) mass is 772 g/mol. The number of ether oxygens (including phenoxy) is 6. The average molecular weight is 773 g/mol. The van der Waals surface area contributed by atoms with Gasteiger partial charge in [-0.2, -0.15) is 0 Å². The van der Waals surface area contributed by atoms with E-state index in [4.69, 9.17) is 28.4 Å². The van der Waals surface area contributed by atoms with E-state index in [2.05, 4.69) is 27.7 Å². The summed E-state index contributed by atoms with van der Waals surface area (Å²) in [5.74, 6) is 0.330. The minimum atomic E-state index is -1.74. The molecule has 310 valence electrons. The number of aliphatic hydroxyl groups is 9. The lowest BCUT2D eigenvalue weighted by Gasteiger charge is -2.61. The molecule has 4 aliphatic heterocycles. The van der Waals surface area contributed by atoms with E-state index in [-0.39, 0.29) is 46.7 Å². The van der Waals surface area contributed by atoms with Crippen LogP contribution in [0.15, 0.2) is 0 Å². The highest BCUT2D eigenvalue weighted by molar-refractivity contribution is 5.19. The lowest BCUT2D eigenvalue weighted by atomic mass is 9.44. The molecule has 4 saturated heterocycles. The molecule has 54 heavy (non-hydrogen) atoms. The molecule has 8 aliphatic rings. The average Bonchev–Trinajstić information content (AvgIpc) is 3.57. The molecule has 15 heteroatoms. The Labute approximate surface area is 316 Å². The molecule has 8 rings (SSSR count). The zero-order valence-corrected chi connectivity index (χ0v) is 31.9. The Morgan fingerprint density at radius 3 is 2.02 bits per heavy atom. The summed E-state index contributed by atoms with van der Waals surface area (Å²) in [6.45, 7) is 8.23. The maximum atomic E-state index is 12.1. The van der Waals surface area contributed by atoms with Gasteiger partial charge in [0.05, 0.1) is 38.1 Å². The van der Waals surface area contributed by atoms with Crippen LogP contribution in [0.5, 0.6) is 0 Å². The standard InChI is InChI=1S/C39H64O15/c1-16-11-24(42)39(49-15-16)17(2)25-33(54-39)29(45)26-20-6-5-18-12-19(7-9-37(18,3)21(20)8-10-38(25,26)4)50-36-34(31(47)28(44)23(14-41)52-36)53-35-32(48)30(46)27(43)22(13-40)51-35/h16-36,40-48H,5-15H2,1-4H3/t16?,17?,18-,19?,20?,21?,22-,23-,24?,25?,26?,27+,28-,29?,30+,31+,32-,33?,34-,35+,36-,37?,38?,39?/m1/s1. The van der Waals surface area contributed by atoms with E-state index in [1.165, 1.54) is 0 Å². The Balaban J connectivity index is 0.959. The molecule has 0 aromatic rings. The van der Waals surface area contributed by atoms with Crippen molar-refractivity contribution in [3.63, 3.8) is 0 Å². The van der Waals surface area contributed by atoms with Gasteiger partial charge in [-0.15, -0.1) is 0 Å². The van der Waals surface area contributed by atoms with Crippen molar-refractivity contribution in [3.05, 3.63) is 0 Å². The fourth-order valence-electron chi connectivity index (χ4n) is 13.4. The summed E-state index contributed by atoms with van der Waals surface area (Å²) >= 11 is 0. The third kappa shape index (κ3) is 6.01. The first kappa shape index (κ1) is 40.2. The molecule has 24 atom stereocenters. The molecule has 8 fully saturated rings. The first-order valence-electron chi connectivity index (χ1n) is 20.5. The Hall–Kier alpha value is -0.600. The smallest absolute Gasteiger partial charge is 0.197 e. The van der Waals surface area contributed by atoms with Gasteiger partial charge in [-0.1, -0.05) is 27.7 Å². The summed E-state index contributed by atoms with van der Waals surface area (Å²) < 4.78 is 36.9. The molecule has 0 aromatic carbocycles. The summed E-state index contributed by atoms with van der Waals surface area (Å²) in [6.07, 6.45) is -10.2. The van der Waals surface area contributed by atoms with Crippen LogP contribution in [-0.4, -0.2) is 157 Å². The van der Waals surface area contributed by atoms with Gasteiger partial charge >= 0.3 is 0 Å². The van der Waals surface area contributed by atoms with Crippen molar-refractivity contribution in [1.29, 1.82) is 0 Å². The minimum absolute atomic E-state index is 0.00295. The third-order valence-corrected chi connectivity index (χ3v) is 16.2. The topological polar surface area (TPSA) is 237 Å². The van der Waals surface area contributed by atoms with Crippen LogP contribution in [0.1, 0.15) is 79.1 Å². The van der Waals surface area contributed by atoms with E-state index in [0.29, 0.717) is 43.6 Å². The molecule has 15 nitrogen and oxygen atoms in total. The third-order valence-electron chi connectivity index (χ3n) is 16.2. The van der Waals surface area contributed by atoms with E-state index in [1.54, 1.807) is 0 Å². The zero-order chi connectivity index (χ0) is 38.6. The van der Waals surface area contributed by atoms with Gasteiger partial charge in [0.1, 0.15) is 54.9 Å². The first-order valence-corrected chi connectivity index (χ1v) is 20.5. The first-order chi connectivity index (χ1) is 25.6. The van der Waals surface area contributed by atoms with Gasteiger partial charge in [0.15, 0.2) is 18.4 Å². The van der Waals surface area contributed by atoms with Crippen molar-refractivity contribution in [1.82, 2.24) is 0 Å². The van der Waals surface area contributed by atoms with E-state index in [1.807, 2.05) is 0 Å². The predicted octanol–water partition coefficient (Wildman–Crippen LogP) is -0.616.